The smallest absolute Gasteiger partial charge is 0.268 e. The lowest BCUT2D eigenvalue weighted by atomic mass is 10.2. The van der Waals surface area contributed by atoms with Crippen LogP contribution in [0, 0.1) is 10.1 Å². The summed E-state index contributed by atoms with van der Waals surface area (Å²) in [5.74, 6) is -0.589. The molecular formula is C9H7N3O3. The fourth-order valence-corrected chi connectivity index (χ4v) is 1.37. The van der Waals surface area contributed by atoms with E-state index in [1.807, 2.05) is 0 Å². The van der Waals surface area contributed by atoms with Gasteiger partial charge in [0, 0.05) is 6.21 Å². The number of nitro groups is 1. The molecule has 1 aliphatic heterocycles. The zero-order chi connectivity index (χ0) is 10.8. The van der Waals surface area contributed by atoms with Gasteiger partial charge in [0.2, 0.25) is 0 Å². The van der Waals surface area contributed by atoms with Gasteiger partial charge in [0.25, 0.3) is 5.91 Å². The van der Waals surface area contributed by atoms with Crippen molar-refractivity contribution in [2.45, 2.75) is 6.42 Å². The van der Waals surface area contributed by atoms with Gasteiger partial charge >= 0.3 is 0 Å². The van der Waals surface area contributed by atoms with Gasteiger partial charge in [-0.1, -0.05) is 12.1 Å². The first-order chi connectivity index (χ1) is 7.20. The number of anilines is 1. The first-order valence-corrected chi connectivity index (χ1v) is 4.29. The summed E-state index contributed by atoms with van der Waals surface area (Å²) < 4.78 is 0. The Balaban J connectivity index is 2.58. The van der Waals surface area contributed by atoms with E-state index < -0.39 is 10.9 Å². The molecule has 0 aromatic heterocycles. The van der Waals surface area contributed by atoms with Crippen LogP contribution in [0.15, 0.2) is 29.3 Å². The number of aliphatic imine (C=N–C) groups is 1. The molecule has 6 nitrogen and oxygen atoms in total. The minimum Gasteiger partial charge on any atom is -0.268 e. The first-order valence-electron chi connectivity index (χ1n) is 4.29. The number of hydrogen-bond acceptors (Lipinski definition) is 4. The lowest BCUT2D eigenvalue weighted by Gasteiger charge is -2.10. The highest BCUT2D eigenvalue weighted by molar-refractivity contribution is 6.03. The number of fused-ring (bicyclic) bond motifs is 1. The maximum atomic E-state index is 11.4. The van der Waals surface area contributed by atoms with Crippen molar-refractivity contribution in [3.63, 3.8) is 0 Å². The summed E-state index contributed by atoms with van der Waals surface area (Å²) in [4.78, 5) is 26.1. The predicted molar refractivity (Wildman–Crippen MR) is 53.7 cm³/mol. The first kappa shape index (κ1) is 9.32. The van der Waals surface area contributed by atoms with Crippen LogP contribution in [-0.4, -0.2) is 17.2 Å². The van der Waals surface area contributed by atoms with Crippen molar-refractivity contribution < 1.29 is 9.83 Å². The number of hydrazine groups is 1. The number of benzene rings is 1. The Bertz CT molecular complexity index is 456. The number of rotatable bonds is 1. The van der Waals surface area contributed by atoms with Gasteiger partial charge in [0.05, 0.1) is 12.1 Å². The molecule has 6 heteroatoms. The van der Waals surface area contributed by atoms with E-state index >= 15 is 0 Å². The van der Waals surface area contributed by atoms with Crippen LogP contribution in [0.1, 0.15) is 6.42 Å². The molecule has 2 rings (SSSR count). The Hall–Kier alpha value is -2.24. The molecule has 1 heterocycles. The van der Waals surface area contributed by atoms with Crippen LogP contribution < -0.4 is 5.01 Å². The van der Waals surface area contributed by atoms with Crippen molar-refractivity contribution in [2.24, 2.45) is 4.99 Å². The van der Waals surface area contributed by atoms with Gasteiger partial charge in [-0.25, -0.2) is 10.1 Å². The summed E-state index contributed by atoms with van der Waals surface area (Å²) in [5.41, 5.74) is 0.640. The van der Waals surface area contributed by atoms with Crippen molar-refractivity contribution in [3.05, 3.63) is 34.4 Å². The molecule has 0 N–H and O–H groups in total. The molecule has 0 aliphatic carbocycles. The second-order valence-electron chi connectivity index (χ2n) is 2.95. The summed E-state index contributed by atoms with van der Waals surface area (Å²) in [6.45, 7) is 0. The second kappa shape index (κ2) is 3.49. The number of nitrogens with zero attached hydrogens (tertiary/aromatic N) is 3. The van der Waals surface area contributed by atoms with Crippen molar-refractivity contribution in [1.29, 1.82) is 0 Å². The minimum absolute atomic E-state index is 0.0599. The lowest BCUT2D eigenvalue weighted by molar-refractivity contribution is -0.483. The summed E-state index contributed by atoms with van der Waals surface area (Å²) >= 11 is 0. The van der Waals surface area contributed by atoms with Gasteiger partial charge in [0.15, 0.2) is 5.03 Å². The van der Waals surface area contributed by atoms with E-state index in [2.05, 4.69) is 4.99 Å². The maximum absolute atomic E-state index is 11.4. The molecule has 15 heavy (non-hydrogen) atoms. The molecule has 1 amide bonds. The Morgan fingerprint density at radius 1 is 1.40 bits per heavy atom. The van der Waals surface area contributed by atoms with Crippen molar-refractivity contribution in [3.8, 4) is 0 Å². The third kappa shape index (κ3) is 1.56. The molecule has 1 aromatic rings. The van der Waals surface area contributed by atoms with E-state index in [-0.39, 0.29) is 12.1 Å². The van der Waals surface area contributed by atoms with E-state index in [4.69, 9.17) is 0 Å². The Morgan fingerprint density at radius 3 is 2.87 bits per heavy atom. The Labute approximate surface area is 85.0 Å². The van der Waals surface area contributed by atoms with Crippen LogP contribution in [0.25, 0.3) is 0 Å². The van der Waals surface area contributed by atoms with E-state index in [9.17, 15) is 14.9 Å². The highest BCUT2D eigenvalue weighted by Crippen LogP contribution is 2.30. The fraction of sp³-hybridized carbons (Fsp3) is 0.111. The van der Waals surface area contributed by atoms with Crippen molar-refractivity contribution >= 4 is 23.5 Å². The summed E-state index contributed by atoms with van der Waals surface area (Å²) in [5, 5.41) is 10.5. The predicted octanol–water partition coefficient (Wildman–Crippen LogP) is 1.32. The fourth-order valence-electron chi connectivity index (χ4n) is 1.37. The molecule has 76 valence electrons. The van der Waals surface area contributed by atoms with Gasteiger partial charge in [-0.05, 0) is 17.1 Å². The third-order valence-electron chi connectivity index (χ3n) is 2.01. The van der Waals surface area contributed by atoms with Gasteiger partial charge < -0.3 is 0 Å². The van der Waals surface area contributed by atoms with Crippen molar-refractivity contribution in [2.75, 3.05) is 5.01 Å². The summed E-state index contributed by atoms with van der Waals surface area (Å²) in [7, 11) is 0. The summed E-state index contributed by atoms with van der Waals surface area (Å²) in [6.07, 6.45) is 1.32. The molecule has 1 aliphatic rings. The third-order valence-corrected chi connectivity index (χ3v) is 2.01. The molecule has 0 unspecified atom stereocenters. The van der Waals surface area contributed by atoms with E-state index in [0.29, 0.717) is 10.7 Å². The van der Waals surface area contributed by atoms with Crippen LogP contribution in [0.2, 0.25) is 0 Å². The highest BCUT2D eigenvalue weighted by atomic mass is 16.7. The van der Waals surface area contributed by atoms with Gasteiger partial charge in [-0.3, -0.25) is 9.79 Å². The largest absolute Gasteiger partial charge is 0.294 e. The second-order valence-corrected chi connectivity index (χ2v) is 2.95. The molecule has 0 radical (unpaired) electrons. The molecule has 0 saturated heterocycles. The van der Waals surface area contributed by atoms with Crippen LogP contribution >= 0.6 is 0 Å². The Kier molecular flexibility index (Phi) is 2.17. The maximum Gasteiger partial charge on any atom is 0.294 e. The quantitative estimate of drug-likeness (QED) is 0.512. The van der Waals surface area contributed by atoms with Gasteiger partial charge in [-0.15, -0.1) is 0 Å². The Morgan fingerprint density at radius 2 is 2.13 bits per heavy atom. The monoisotopic (exact) mass is 205 g/mol. The SMILES string of the molecule is O=C1CC=Nc2ccccc2N1[N+](=O)[O-]. The van der Waals surface area contributed by atoms with Gasteiger partial charge in [-0.2, -0.15) is 0 Å². The molecule has 1 aromatic carbocycles. The number of carbonyl (C=O) groups excluding carboxylic acids is 1. The van der Waals surface area contributed by atoms with Crippen LogP contribution in [0.3, 0.4) is 0 Å². The number of carbonyl (C=O) groups is 1. The average Bonchev–Trinajstić information content (AvgIpc) is 2.35. The van der Waals surface area contributed by atoms with Crippen LogP contribution in [0.4, 0.5) is 11.4 Å². The molecule has 0 saturated carbocycles. The number of hydrogen-bond donors (Lipinski definition) is 0. The van der Waals surface area contributed by atoms with Gasteiger partial charge in [0.1, 0.15) is 5.69 Å². The summed E-state index contributed by atoms with van der Waals surface area (Å²) in [6, 6.07) is 6.47. The molecule has 0 fully saturated rings. The average molecular weight is 205 g/mol. The standard InChI is InChI=1S/C9H7N3O3/c13-9-5-6-10-7-3-1-2-4-8(7)11(9)12(14)15/h1-4,6H,5H2. The van der Waals surface area contributed by atoms with E-state index in [1.54, 1.807) is 18.2 Å². The molecule has 0 spiro atoms. The van der Waals surface area contributed by atoms with Crippen molar-refractivity contribution in [1.82, 2.24) is 0 Å². The zero-order valence-corrected chi connectivity index (χ0v) is 7.66. The van der Waals surface area contributed by atoms with E-state index in [1.165, 1.54) is 12.3 Å². The molecule has 0 bridgehead atoms. The minimum atomic E-state index is -0.726. The zero-order valence-electron chi connectivity index (χ0n) is 7.66. The highest BCUT2D eigenvalue weighted by Gasteiger charge is 2.29. The molecular weight excluding hydrogens is 198 g/mol. The molecule has 0 atom stereocenters. The lowest BCUT2D eigenvalue weighted by Crippen LogP contribution is -2.35. The normalized spacial score (nSPS) is 14.7. The van der Waals surface area contributed by atoms with Crippen LogP contribution in [0.5, 0.6) is 0 Å². The number of amides is 1. The van der Waals surface area contributed by atoms with E-state index in [0.717, 1.165) is 0 Å². The topological polar surface area (TPSA) is 75.8 Å². The number of para-hydroxylation sites is 2. The van der Waals surface area contributed by atoms with Crippen LogP contribution in [-0.2, 0) is 4.79 Å².